The van der Waals surface area contributed by atoms with Gasteiger partial charge in [-0.25, -0.2) is 0 Å². The Morgan fingerprint density at radius 1 is 1.56 bits per heavy atom. The highest BCUT2D eigenvalue weighted by Crippen LogP contribution is 2.15. The number of thiocarbonyl (C=S) groups is 1. The second-order valence-corrected chi connectivity index (χ2v) is 4.26. The van der Waals surface area contributed by atoms with Crippen molar-refractivity contribution in [1.29, 1.82) is 0 Å². The zero-order valence-corrected chi connectivity index (χ0v) is 10.7. The molecule has 0 aliphatic rings. The first-order valence-corrected chi connectivity index (χ1v) is 5.62. The topological polar surface area (TPSA) is 47.3 Å². The number of rotatable bonds is 5. The second-order valence-electron chi connectivity index (χ2n) is 3.82. The standard InChI is InChI=1S/C12H18N2OS/c1-8-6-10(14-7-9(2)15-3)4-5-11(8)12(13)16/h4-6,9,14H,7H2,1-3H3,(H2,13,16). The Hall–Kier alpha value is -1.13. The first kappa shape index (κ1) is 12.9. The summed E-state index contributed by atoms with van der Waals surface area (Å²) in [6, 6.07) is 5.96. The number of nitrogens with two attached hydrogens (primary N) is 1. The number of benzene rings is 1. The molecule has 1 rings (SSSR count). The van der Waals surface area contributed by atoms with E-state index in [9.17, 15) is 0 Å². The molecule has 0 saturated heterocycles. The summed E-state index contributed by atoms with van der Waals surface area (Å²) >= 11 is 4.96. The molecule has 0 aliphatic heterocycles. The Kier molecular flexibility index (Phi) is 4.71. The van der Waals surface area contributed by atoms with Gasteiger partial charge in [-0.3, -0.25) is 0 Å². The van der Waals surface area contributed by atoms with Crippen molar-refractivity contribution in [3.8, 4) is 0 Å². The SMILES string of the molecule is COC(C)CNc1ccc(C(N)=S)c(C)c1. The van der Waals surface area contributed by atoms with Crippen LogP contribution in [0.4, 0.5) is 5.69 Å². The molecule has 0 spiro atoms. The minimum Gasteiger partial charge on any atom is -0.389 e. The van der Waals surface area contributed by atoms with Gasteiger partial charge in [-0.2, -0.15) is 0 Å². The Bertz CT molecular complexity index is 379. The van der Waals surface area contributed by atoms with Crippen molar-refractivity contribution >= 4 is 22.9 Å². The minimum atomic E-state index is 0.190. The lowest BCUT2D eigenvalue weighted by Crippen LogP contribution is -2.18. The van der Waals surface area contributed by atoms with Crippen LogP contribution in [0, 0.1) is 6.92 Å². The molecule has 3 N–H and O–H groups in total. The number of aryl methyl sites for hydroxylation is 1. The monoisotopic (exact) mass is 238 g/mol. The normalized spacial score (nSPS) is 12.2. The number of nitrogens with one attached hydrogen (secondary N) is 1. The fourth-order valence-corrected chi connectivity index (χ4v) is 1.62. The molecule has 16 heavy (non-hydrogen) atoms. The fraction of sp³-hybridized carbons (Fsp3) is 0.417. The molecule has 0 heterocycles. The Labute approximate surface area is 102 Å². The van der Waals surface area contributed by atoms with E-state index >= 15 is 0 Å². The highest BCUT2D eigenvalue weighted by Gasteiger charge is 2.03. The first-order chi connectivity index (χ1) is 7.54. The van der Waals surface area contributed by atoms with Crippen molar-refractivity contribution in [2.45, 2.75) is 20.0 Å². The van der Waals surface area contributed by atoms with E-state index in [0.29, 0.717) is 4.99 Å². The summed E-state index contributed by atoms with van der Waals surface area (Å²) in [4.78, 5) is 0.439. The van der Waals surface area contributed by atoms with Crippen LogP contribution in [0.1, 0.15) is 18.1 Å². The molecule has 1 atom stereocenters. The molecule has 1 unspecified atom stereocenters. The molecule has 3 nitrogen and oxygen atoms in total. The summed E-state index contributed by atoms with van der Waals surface area (Å²) < 4.78 is 5.16. The summed E-state index contributed by atoms with van der Waals surface area (Å²) in [5.41, 5.74) is 8.67. The third kappa shape index (κ3) is 3.47. The smallest absolute Gasteiger partial charge is 0.104 e. The highest BCUT2D eigenvalue weighted by atomic mass is 32.1. The maximum Gasteiger partial charge on any atom is 0.104 e. The van der Waals surface area contributed by atoms with E-state index in [0.717, 1.165) is 23.4 Å². The van der Waals surface area contributed by atoms with Crippen LogP contribution in [-0.4, -0.2) is 24.7 Å². The van der Waals surface area contributed by atoms with Crippen molar-refractivity contribution in [2.75, 3.05) is 19.0 Å². The molecule has 88 valence electrons. The van der Waals surface area contributed by atoms with E-state index in [1.165, 1.54) is 0 Å². The van der Waals surface area contributed by atoms with Crippen molar-refractivity contribution in [3.05, 3.63) is 29.3 Å². The Morgan fingerprint density at radius 3 is 2.75 bits per heavy atom. The number of methoxy groups -OCH3 is 1. The Balaban J connectivity index is 2.70. The van der Waals surface area contributed by atoms with E-state index in [4.69, 9.17) is 22.7 Å². The first-order valence-electron chi connectivity index (χ1n) is 5.21. The van der Waals surface area contributed by atoms with E-state index in [1.54, 1.807) is 7.11 Å². The molecular formula is C12H18N2OS. The zero-order valence-electron chi connectivity index (χ0n) is 9.91. The van der Waals surface area contributed by atoms with Gasteiger partial charge in [0.25, 0.3) is 0 Å². The largest absolute Gasteiger partial charge is 0.389 e. The maximum absolute atomic E-state index is 5.60. The predicted octanol–water partition coefficient (Wildman–Crippen LogP) is 2.08. The molecule has 1 aromatic rings. The second kappa shape index (κ2) is 5.82. The van der Waals surface area contributed by atoms with E-state index in [-0.39, 0.29) is 6.10 Å². The maximum atomic E-state index is 5.60. The summed E-state index contributed by atoms with van der Waals surface area (Å²) in [5.74, 6) is 0. The average Bonchev–Trinajstić information content (AvgIpc) is 2.25. The van der Waals surface area contributed by atoms with Crippen LogP contribution >= 0.6 is 12.2 Å². The quantitative estimate of drug-likeness (QED) is 0.771. The van der Waals surface area contributed by atoms with Gasteiger partial charge in [-0.15, -0.1) is 0 Å². The van der Waals surface area contributed by atoms with Crippen molar-refractivity contribution in [3.63, 3.8) is 0 Å². The molecule has 0 aromatic heterocycles. The Morgan fingerprint density at radius 2 is 2.25 bits per heavy atom. The van der Waals surface area contributed by atoms with Crippen LogP contribution in [-0.2, 0) is 4.74 Å². The van der Waals surface area contributed by atoms with Gasteiger partial charge in [-0.1, -0.05) is 12.2 Å². The summed E-state index contributed by atoms with van der Waals surface area (Å²) in [5, 5.41) is 3.29. The van der Waals surface area contributed by atoms with Crippen LogP contribution in [0.5, 0.6) is 0 Å². The van der Waals surface area contributed by atoms with Gasteiger partial charge in [-0.05, 0) is 37.6 Å². The lowest BCUT2D eigenvalue weighted by atomic mass is 10.1. The van der Waals surface area contributed by atoms with Crippen molar-refractivity contribution in [1.82, 2.24) is 0 Å². The molecule has 0 fully saturated rings. The van der Waals surface area contributed by atoms with Crippen LogP contribution in [0.25, 0.3) is 0 Å². The molecular weight excluding hydrogens is 220 g/mol. The third-order valence-electron chi connectivity index (χ3n) is 2.49. The summed E-state index contributed by atoms with van der Waals surface area (Å²) in [7, 11) is 1.70. The third-order valence-corrected chi connectivity index (χ3v) is 2.71. The number of hydrogen-bond donors (Lipinski definition) is 2. The molecule has 0 bridgehead atoms. The summed E-state index contributed by atoms with van der Waals surface area (Å²) in [6.45, 7) is 4.80. The number of hydrogen-bond acceptors (Lipinski definition) is 3. The van der Waals surface area contributed by atoms with Gasteiger partial charge in [0.15, 0.2) is 0 Å². The number of ether oxygens (including phenoxy) is 1. The molecule has 4 heteroatoms. The van der Waals surface area contributed by atoms with Gasteiger partial charge in [0.2, 0.25) is 0 Å². The fourth-order valence-electron chi connectivity index (χ4n) is 1.40. The summed E-state index contributed by atoms with van der Waals surface area (Å²) in [6.07, 6.45) is 0.190. The molecule has 0 aliphatic carbocycles. The van der Waals surface area contributed by atoms with Crippen molar-refractivity contribution < 1.29 is 4.74 Å². The lowest BCUT2D eigenvalue weighted by Gasteiger charge is -2.13. The molecule has 0 radical (unpaired) electrons. The molecule has 1 aromatic carbocycles. The zero-order chi connectivity index (χ0) is 12.1. The van der Waals surface area contributed by atoms with E-state index < -0.39 is 0 Å². The minimum absolute atomic E-state index is 0.190. The highest BCUT2D eigenvalue weighted by molar-refractivity contribution is 7.80. The molecule has 0 amide bonds. The van der Waals surface area contributed by atoms with Crippen LogP contribution in [0.2, 0.25) is 0 Å². The van der Waals surface area contributed by atoms with Crippen LogP contribution < -0.4 is 11.1 Å². The lowest BCUT2D eigenvalue weighted by molar-refractivity contribution is 0.129. The van der Waals surface area contributed by atoms with E-state index in [1.807, 2.05) is 32.0 Å². The van der Waals surface area contributed by atoms with Gasteiger partial charge in [0.05, 0.1) is 6.10 Å². The average molecular weight is 238 g/mol. The van der Waals surface area contributed by atoms with Gasteiger partial charge in [0.1, 0.15) is 4.99 Å². The van der Waals surface area contributed by atoms with Crippen molar-refractivity contribution in [2.24, 2.45) is 5.73 Å². The van der Waals surface area contributed by atoms with Crippen LogP contribution in [0.15, 0.2) is 18.2 Å². The van der Waals surface area contributed by atoms with Gasteiger partial charge in [0, 0.05) is 24.9 Å². The van der Waals surface area contributed by atoms with Gasteiger partial charge < -0.3 is 15.8 Å². The number of anilines is 1. The van der Waals surface area contributed by atoms with E-state index in [2.05, 4.69) is 5.32 Å². The van der Waals surface area contributed by atoms with Gasteiger partial charge >= 0.3 is 0 Å². The van der Waals surface area contributed by atoms with Crippen LogP contribution in [0.3, 0.4) is 0 Å². The predicted molar refractivity (Wildman–Crippen MR) is 72.0 cm³/mol. The molecule has 0 saturated carbocycles.